The third-order valence-corrected chi connectivity index (χ3v) is 6.90. The number of aryl methyl sites for hydroxylation is 1. The van der Waals surface area contributed by atoms with Gasteiger partial charge in [0.25, 0.3) is 5.91 Å². The number of amides is 1. The molecule has 0 radical (unpaired) electrons. The van der Waals surface area contributed by atoms with Gasteiger partial charge in [-0.15, -0.1) is 0 Å². The number of carbonyl (C=O) groups excluding carboxylic acids is 2. The maximum absolute atomic E-state index is 14.0. The van der Waals surface area contributed by atoms with Gasteiger partial charge in [-0.2, -0.15) is 0 Å². The van der Waals surface area contributed by atoms with Gasteiger partial charge in [0, 0.05) is 35.3 Å². The fourth-order valence-corrected chi connectivity index (χ4v) is 5.00. The minimum Gasteiger partial charge on any atom is -0.469 e. The molecule has 0 aliphatic carbocycles. The molecule has 0 spiro atoms. The number of hydrogen-bond acceptors (Lipinski definition) is 7. The van der Waals surface area contributed by atoms with Gasteiger partial charge in [0.1, 0.15) is 23.0 Å². The van der Waals surface area contributed by atoms with Crippen LogP contribution in [0.2, 0.25) is 0 Å². The highest BCUT2D eigenvalue weighted by molar-refractivity contribution is 6.06. The molecule has 0 bridgehead atoms. The first-order valence-electron chi connectivity index (χ1n) is 14.0. The number of halogens is 1. The van der Waals surface area contributed by atoms with Crippen molar-refractivity contribution in [2.45, 2.75) is 58.4 Å². The largest absolute Gasteiger partial charge is 0.469 e. The second-order valence-corrected chi connectivity index (χ2v) is 10.5. The van der Waals surface area contributed by atoms with Gasteiger partial charge in [0.15, 0.2) is 0 Å². The predicted octanol–water partition coefficient (Wildman–Crippen LogP) is 5.46. The van der Waals surface area contributed by atoms with Crippen molar-refractivity contribution in [2.24, 2.45) is 0 Å². The molecular formula is C33H36FN3O6. The molecule has 2 aromatic heterocycles. The normalized spacial score (nSPS) is 12.9. The van der Waals surface area contributed by atoms with Crippen molar-refractivity contribution in [3.05, 3.63) is 95.4 Å². The van der Waals surface area contributed by atoms with E-state index < -0.39 is 24.0 Å². The van der Waals surface area contributed by atoms with E-state index in [2.05, 4.69) is 15.2 Å². The van der Waals surface area contributed by atoms with Gasteiger partial charge >= 0.3 is 5.97 Å². The number of aromatic nitrogens is 2. The van der Waals surface area contributed by atoms with Crippen LogP contribution in [-0.4, -0.2) is 51.1 Å². The van der Waals surface area contributed by atoms with E-state index in [4.69, 9.17) is 4.52 Å². The first-order valence-corrected chi connectivity index (χ1v) is 14.0. The summed E-state index contributed by atoms with van der Waals surface area (Å²) in [7, 11) is 1.23. The van der Waals surface area contributed by atoms with E-state index in [1.807, 2.05) is 48.7 Å². The maximum Gasteiger partial charge on any atom is 0.308 e. The average Bonchev–Trinajstić information content (AvgIpc) is 3.56. The van der Waals surface area contributed by atoms with E-state index >= 15 is 0 Å². The number of methoxy groups -OCH3 is 1. The predicted molar refractivity (Wildman–Crippen MR) is 160 cm³/mol. The van der Waals surface area contributed by atoms with E-state index in [1.54, 1.807) is 31.2 Å². The number of aliphatic hydroxyl groups excluding tert-OH is 2. The molecule has 0 unspecified atom stereocenters. The summed E-state index contributed by atoms with van der Waals surface area (Å²) < 4.78 is 25.7. The number of aliphatic hydroxyl groups is 2. The highest BCUT2D eigenvalue weighted by atomic mass is 19.1. The first kappa shape index (κ1) is 31.4. The van der Waals surface area contributed by atoms with Crippen molar-refractivity contribution < 1.29 is 33.5 Å². The van der Waals surface area contributed by atoms with Gasteiger partial charge in [-0.1, -0.05) is 53.7 Å². The number of nitrogens with zero attached hydrogens (tertiary/aromatic N) is 2. The molecule has 43 heavy (non-hydrogen) atoms. The average molecular weight is 590 g/mol. The zero-order chi connectivity index (χ0) is 31.1. The zero-order valence-corrected chi connectivity index (χ0v) is 24.6. The summed E-state index contributed by atoms with van der Waals surface area (Å²) in [6.45, 7) is 5.79. The number of ether oxygens (including phenoxy) is 1. The van der Waals surface area contributed by atoms with Crippen molar-refractivity contribution in [1.82, 2.24) is 15.0 Å². The van der Waals surface area contributed by atoms with E-state index in [-0.39, 0.29) is 31.3 Å². The summed E-state index contributed by atoms with van der Waals surface area (Å²) >= 11 is 0. The minimum atomic E-state index is -1.11. The summed E-state index contributed by atoms with van der Waals surface area (Å²) in [4.78, 5) is 25.6. The molecule has 226 valence electrons. The lowest BCUT2D eigenvalue weighted by molar-refractivity contribution is -0.143. The maximum atomic E-state index is 14.0. The van der Waals surface area contributed by atoms with Crippen LogP contribution < -0.4 is 5.32 Å². The Bertz CT molecular complexity index is 1570. The molecule has 0 saturated heterocycles. The van der Waals surface area contributed by atoms with Crippen LogP contribution in [0.15, 0.2) is 71.3 Å². The molecule has 0 aliphatic rings. The third-order valence-electron chi connectivity index (χ3n) is 6.90. The summed E-state index contributed by atoms with van der Waals surface area (Å²) in [6.07, 6.45) is 0.633. The van der Waals surface area contributed by atoms with Crippen LogP contribution in [0.3, 0.4) is 0 Å². The van der Waals surface area contributed by atoms with Crippen LogP contribution in [0.1, 0.15) is 60.4 Å². The molecule has 1 amide bonds. The Morgan fingerprint density at radius 2 is 1.74 bits per heavy atom. The highest BCUT2D eigenvalue weighted by Crippen LogP contribution is 2.42. The monoisotopic (exact) mass is 589 g/mol. The Morgan fingerprint density at radius 3 is 2.35 bits per heavy atom. The zero-order valence-electron chi connectivity index (χ0n) is 24.6. The smallest absolute Gasteiger partial charge is 0.308 e. The van der Waals surface area contributed by atoms with Crippen molar-refractivity contribution in [1.29, 1.82) is 0 Å². The van der Waals surface area contributed by atoms with E-state index in [0.29, 0.717) is 39.5 Å². The topological polar surface area (TPSA) is 127 Å². The fraction of sp³-hybridized carbons (Fsp3) is 0.303. The van der Waals surface area contributed by atoms with Crippen molar-refractivity contribution in [3.8, 4) is 22.3 Å². The van der Waals surface area contributed by atoms with Crippen LogP contribution >= 0.6 is 0 Å². The third kappa shape index (κ3) is 7.65. The lowest BCUT2D eigenvalue weighted by Gasteiger charge is -2.17. The molecular weight excluding hydrogens is 553 g/mol. The molecule has 4 aromatic rings. The lowest BCUT2D eigenvalue weighted by atomic mass is 9.94. The van der Waals surface area contributed by atoms with E-state index in [0.717, 1.165) is 5.56 Å². The van der Waals surface area contributed by atoms with Crippen LogP contribution in [0.4, 0.5) is 4.39 Å². The van der Waals surface area contributed by atoms with Crippen LogP contribution in [0.25, 0.3) is 28.3 Å². The fourth-order valence-electron chi connectivity index (χ4n) is 5.00. The molecule has 9 nitrogen and oxygen atoms in total. The summed E-state index contributed by atoms with van der Waals surface area (Å²) in [5.74, 6) is -0.715. The standard InChI is InChI=1S/C33H36FN3O6/c1-20(2)37-28(15-14-26(38)17-27(39)18-29(40)42-4)30(23-10-12-24(34)13-11-23)31(22-8-6-5-7-9-22)32(37)33(41)35-19-25-16-21(3)43-36-25/h5-16,20,26-27,38-39H,17-19H2,1-4H3,(H,35,41)/b15-14+/t26-,27-/m1/s1. The van der Waals surface area contributed by atoms with Gasteiger partial charge in [0.2, 0.25) is 0 Å². The summed E-state index contributed by atoms with van der Waals surface area (Å²) in [5.41, 5.74) is 4.29. The molecule has 10 heteroatoms. The Morgan fingerprint density at radius 1 is 1.07 bits per heavy atom. The lowest BCUT2D eigenvalue weighted by Crippen LogP contribution is -2.27. The second-order valence-electron chi connectivity index (χ2n) is 10.5. The molecule has 2 atom stereocenters. The molecule has 0 aliphatic heterocycles. The number of rotatable bonds is 12. The first-order chi connectivity index (χ1) is 20.6. The van der Waals surface area contributed by atoms with Crippen molar-refractivity contribution >= 4 is 18.0 Å². The van der Waals surface area contributed by atoms with Gasteiger partial charge in [-0.25, -0.2) is 4.39 Å². The SMILES string of the molecule is COC(=O)C[C@H](O)C[C@H](O)/C=C/c1c(-c2ccc(F)cc2)c(-c2ccccc2)c(C(=O)NCc2cc(C)on2)n1C(C)C. The number of benzene rings is 2. The molecule has 2 aromatic carbocycles. The number of carbonyl (C=O) groups is 2. The minimum absolute atomic E-state index is 0.101. The van der Waals surface area contributed by atoms with Gasteiger partial charge in [-0.05, 0) is 50.1 Å². The Hall–Kier alpha value is -4.54. The van der Waals surface area contributed by atoms with Gasteiger partial charge < -0.3 is 29.4 Å². The second kappa shape index (κ2) is 14.1. The Kier molecular flexibility index (Phi) is 10.3. The summed E-state index contributed by atoms with van der Waals surface area (Å²) in [5, 5.41) is 27.9. The van der Waals surface area contributed by atoms with Crippen LogP contribution in [0.5, 0.6) is 0 Å². The molecule has 0 fully saturated rings. The molecule has 4 rings (SSSR count). The van der Waals surface area contributed by atoms with E-state index in [1.165, 1.54) is 25.3 Å². The number of esters is 1. The van der Waals surface area contributed by atoms with Crippen molar-refractivity contribution in [2.75, 3.05) is 7.11 Å². The number of nitrogens with one attached hydrogen (secondary N) is 1. The Labute approximate surface area is 249 Å². The Balaban J connectivity index is 1.88. The van der Waals surface area contributed by atoms with Gasteiger partial charge in [-0.3, -0.25) is 9.59 Å². The molecule has 2 heterocycles. The van der Waals surface area contributed by atoms with Gasteiger partial charge in [0.05, 0.1) is 32.3 Å². The molecule has 0 saturated carbocycles. The number of hydrogen-bond donors (Lipinski definition) is 3. The quantitative estimate of drug-likeness (QED) is 0.187. The van der Waals surface area contributed by atoms with Crippen LogP contribution in [-0.2, 0) is 16.1 Å². The van der Waals surface area contributed by atoms with Crippen LogP contribution in [0, 0.1) is 12.7 Å². The highest BCUT2D eigenvalue weighted by Gasteiger charge is 2.29. The van der Waals surface area contributed by atoms with Crippen molar-refractivity contribution in [3.63, 3.8) is 0 Å². The molecule has 3 N–H and O–H groups in total. The van der Waals surface area contributed by atoms with E-state index in [9.17, 15) is 24.2 Å². The summed E-state index contributed by atoms with van der Waals surface area (Å²) in [6, 6.07) is 17.0.